The highest BCUT2D eigenvalue weighted by Crippen LogP contribution is 2.38. The Morgan fingerprint density at radius 3 is 2.59 bits per heavy atom. The van der Waals surface area contributed by atoms with E-state index in [9.17, 15) is 14.9 Å². The average Bonchev–Trinajstić information content (AvgIpc) is 3.23. The van der Waals surface area contributed by atoms with E-state index in [-0.39, 0.29) is 24.8 Å². The van der Waals surface area contributed by atoms with Crippen molar-refractivity contribution in [3.63, 3.8) is 0 Å². The molecule has 0 radical (unpaired) electrons. The first-order chi connectivity index (χ1) is 13.9. The molecule has 1 heterocycles. The molecule has 2 amide bonds. The van der Waals surface area contributed by atoms with Gasteiger partial charge in [0.05, 0.1) is 12.1 Å². The number of nitrogens with zero attached hydrogens (tertiary/aromatic N) is 2. The topological polar surface area (TPSA) is 85.2 Å². The molecule has 2 N–H and O–H groups in total. The van der Waals surface area contributed by atoms with Gasteiger partial charge in [0.1, 0.15) is 11.1 Å². The van der Waals surface area contributed by atoms with Gasteiger partial charge in [0.2, 0.25) is 11.8 Å². The lowest BCUT2D eigenvalue weighted by Crippen LogP contribution is -2.32. The summed E-state index contributed by atoms with van der Waals surface area (Å²) in [5, 5.41) is 15.9. The number of anilines is 2. The molecular formula is C22H26N4O2S. The molecule has 2 aromatic rings. The second kappa shape index (κ2) is 9.21. The molecule has 0 bridgehead atoms. The Bertz CT molecular complexity index is 954. The number of para-hydroxylation sites is 1. The predicted molar refractivity (Wildman–Crippen MR) is 116 cm³/mol. The SMILES string of the molecule is Cc1cccc(C)c1NC(=O)CN(C)CCC(=O)Nc1sc2c(c1C#N)CCC2. The van der Waals surface area contributed by atoms with Gasteiger partial charge in [-0.2, -0.15) is 5.26 Å². The van der Waals surface area contributed by atoms with Crippen molar-refractivity contribution in [2.24, 2.45) is 0 Å². The van der Waals surface area contributed by atoms with Gasteiger partial charge in [0, 0.05) is 23.5 Å². The van der Waals surface area contributed by atoms with E-state index in [4.69, 9.17) is 0 Å². The number of benzene rings is 1. The molecule has 7 heteroatoms. The minimum Gasteiger partial charge on any atom is -0.324 e. The van der Waals surface area contributed by atoms with Crippen LogP contribution in [0.3, 0.4) is 0 Å². The molecular weight excluding hydrogens is 384 g/mol. The van der Waals surface area contributed by atoms with Crippen LogP contribution >= 0.6 is 11.3 Å². The molecule has 1 aliphatic carbocycles. The Labute approximate surface area is 175 Å². The predicted octanol–water partition coefficient (Wildman–Crippen LogP) is 3.62. The van der Waals surface area contributed by atoms with Gasteiger partial charge < -0.3 is 10.6 Å². The zero-order valence-electron chi connectivity index (χ0n) is 17.1. The Balaban J connectivity index is 1.48. The highest BCUT2D eigenvalue weighted by atomic mass is 32.1. The molecule has 0 spiro atoms. The van der Waals surface area contributed by atoms with Crippen LogP contribution in [0.25, 0.3) is 0 Å². The minimum absolute atomic E-state index is 0.105. The molecule has 3 rings (SSSR count). The van der Waals surface area contributed by atoms with Crippen molar-refractivity contribution in [3.8, 4) is 6.07 Å². The van der Waals surface area contributed by atoms with Crippen LogP contribution in [0.4, 0.5) is 10.7 Å². The number of carbonyl (C=O) groups is 2. The first kappa shape index (κ1) is 21.0. The number of hydrogen-bond acceptors (Lipinski definition) is 5. The molecule has 1 aliphatic rings. The fourth-order valence-corrected chi connectivity index (χ4v) is 4.86. The fourth-order valence-electron chi connectivity index (χ4n) is 3.61. The minimum atomic E-state index is -0.136. The van der Waals surface area contributed by atoms with Crippen molar-refractivity contribution in [2.45, 2.75) is 39.5 Å². The second-order valence-corrected chi connectivity index (χ2v) is 8.63. The molecule has 152 valence electrons. The molecule has 0 aliphatic heterocycles. The lowest BCUT2D eigenvalue weighted by Gasteiger charge is -2.17. The summed E-state index contributed by atoms with van der Waals surface area (Å²) in [5.41, 5.74) is 4.62. The summed E-state index contributed by atoms with van der Waals surface area (Å²) < 4.78 is 0. The lowest BCUT2D eigenvalue weighted by molar-refractivity contribution is -0.119. The molecule has 1 aromatic heterocycles. The van der Waals surface area contributed by atoms with E-state index >= 15 is 0 Å². The Kier molecular flexibility index (Phi) is 6.68. The van der Waals surface area contributed by atoms with Crippen LogP contribution in [-0.2, 0) is 22.4 Å². The summed E-state index contributed by atoms with van der Waals surface area (Å²) >= 11 is 1.52. The smallest absolute Gasteiger partial charge is 0.238 e. The second-order valence-electron chi connectivity index (χ2n) is 7.52. The highest BCUT2D eigenvalue weighted by molar-refractivity contribution is 7.16. The number of likely N-dealkylation sites (N-methyl/N-ethyl adjacent to an activating group) is 1. The van der Waals surface area contributed by atoms with E-state index in [2.05, 4.69) is 16.7 Å². The summed E-state index contributed by atoms with van der Waals surface area (Å²) in [6, 6.07) is 8.13. The van der Waals surface area contributed by atoms with Gasteiger partial charge in [-0.1, -0.05) is 18.2 Å². The van der Waals surface area contributed by atoms with Gasteiger partial charge in [-0.25, -0.2) is 0 Å². The zero-order valence-corrected chi connectivity index (χ0v) is 17.9. The summed E-state index contributed by atoms with van der Waals surface area (Å²) in [5.74, 6) is -0.241. The fraction of sp³-hybridized carbons (Fsp3) is 0.409. The summed E-state index contributed by atoms with van der Waals surface area (Å²) in [6.07, 6.45) is 3.26. The molecule has 0 unspecified atom stereocenters. The van der Waals surface area contributed by atoms with Gasteiger partial charge in [0.15, 0.2) is 0 Å². The number of nitrogens with one attached hydrogen (secondary N) is 2. The number of thiophene rings is 1. The van der Waals surface area contributed by atoms with Crippen LogP contribution in [0.2, 0.25) is 0 Å². The molecule has 0 saturated heterocycles. The van der Waals surface area contributed by atoms with E-state index in [1.165, 1.54) is 16.2 Å². The van der Waals surface area contributed by atoms with Crippen LogP contribution in [0.5, 0.6) is 0 Å². The van der Waals surface area contributed by atoms with E-state index in [1.54, 1.807) is 0 Å². The highest BCUT2D eigenvalue weighted by Gasteiger charge is 2.23. The van der Waals surface area contributed by atoms with Crippen molar-refractivity contribution < 1.29 is 9.59 Å². The normalized spacial score (nSPS) is 12.5. The third-order valence-electron chi connectivity index (χ3n) is 5.17. The van der Waals surface area contributed by atoms with E-state index in [0.717, 1.165) is 41.6 Å². The maximum Gasteiger partial charge on any atom is 0.238 e. The van der Waals surface area contributed by atoms with Gasteiger partial charge in [0.25, 0.3) is 0 Å². The van der Waals surface area contributed by atoms with Gasteiger partial charge in [-0.3, -0.25) is 14.5 Å². The average molecular weight is 411 g/mol. The Morgan fingerprint density at radius 1 is 1.17 bits per heavy atom. The lowest BCUT2D eigenvalue weighted by atomic mass is 10.1. The maximum atomic E-state index is 12.3. The number of aryl methyl sites for hydroxylation is 3. The van der Waals surface area contributed by atoms with Crippen LogP contribution < -0.4 is 10.6 Å². The van der Waals surface area contributed by atoms with Crippen LogP contribution in [-0.4, -0.2) is 36.9 Å². The van der Waals surface area contributed by atoms with Crippen LogP contribution in [0.1, 0.15) is 40.0 Å². The number of fused-ring (bicyclic) bond motifs is 1. The third kappa shape index (κ3) is 5.03. The third-order valence-corrected chi connectivity index (χ3v) is 6.37. The molecule has 29 heavy (non-hydrogen) atoms. The standard InChI is InChI=1S/C22H26N4O2S/c1-14-6-4-7-15(2)21(14)24-20(28)13-26(3)11-10-19(27)25-22-17(12-23)16-8-5-9-18(16)29-22/h4,6-7H,5,8-11,13H2,1-3H3,(H,24,28)(H,25,27). The molecule has 0 atom stereocenters. The van der Waals surface area contributed by atoms with Crippen molar-refractivity contribution in [1.29, 1.82) is 5.26 Å². The van der Waals surface area contributed by atoms with Crippen molar-refractivity contribution in [3.05, 3.63) is 45.3 Å². The van der Waals surface area contributed by atoms with Gasteiger partial charge in [-0.05, 0) is 56.8 Å². The Hall–Kier alpha value is -2.69. The van der Waals surface area contributed by atoms with E-state index < -0.39 is 0 Å². The summed E-state index contributed by atoms with van der Waals surface area (Å²) in [7, 11) is 1.82. The molecule has 6 nitrogen and oxygen atoms in total. The number of amides is 2. The Morgan fingerprint density at radius 2 is 1.90 bits per heavy atom. The van der Waals surface area contributed by atoms with Crippen molar-refractivity contribution in [2.75, 3.05) is 30.8 Å². The number of rotatable bonds is 7. The molecule has 0 fully saturated rings. The summed E-state index contributed by atoms with van der Waals surface area (Å²) in [4.78, 5) is 27.7. The van der Waals surface area contributed by atoms with Gasteiger partial charge >= 0.3 is 0 Å². The molecule has 1 aromatic carbocycles. The van der Waals surface area contributed by atoms with E-state index in [0.29, 0.717) is 17.1 Å². The summed E-state index contributed by atoms with van der Waals surface area (Å²) in [6.45, 7) is 4.59. The largest absolute Gasteiger partial charge is 0.324 e. The van der Waals surface area contributed by atoms with E-state index in [1.807, 2.05) is 44.0 Å². The van der Waals surface area contributed by atoms with Crippen molar-refractivity contribution >= 4 is 33.8 Å². The first-order valence-corrected chi connectivity index (χ1v) is 10.6. The number of nitriles is 1. The monoisotopic (exact) mass is 410 g/mol. The maximum absolute atomic E-state index is 12.3. The van der Waals surface area contributed by atoms with Crippen molar-refractivity contribution in [1.82, 2.24) is 4.90 Å². The number of carbonyl (C=O) groups excluding carboxylic acids is 2. The molecule has 0 saturated carbocycles. The first-order valence-electron chi connectivity index (χ1n) is 9.78. The van der Waals surface area contributed by atoms with Crippen LogP contribution in [0.15, 0.2) is 18.2 Å². The number of hydrogen-bond donors (Lipinski definition) is 2. The van der Waals surface area contributed by atoms with Crippen LogP contribution in [0, 0.1) is 25.2 Å². The zero-order chi connectivity index (χ0) is 21.0. The quantitative estimate of drug-likeness (QED) is 0.730. The van der Waals surface area contributed by atoms with Gasteiger partial charge in [-0.15, -0.1) is 11.3 Å².